The molecule has 1 aliphatic rings. The lowest BCUT2D eigenvalue weighted by Gasteiger charge is -2.38. The summed E-state index contributed by atoms with van der Waals surface area (Å²) in [5.74, 6) is -0.145. The third kappa shape index (κ3) is 5.24. The molecule has 0 saturated carbocycles. The second-order valence-electron chi connectivity index (χ2n) is 8.83. The van der Waals surface area contributed by atoms with E-state index in [1.165, 1.54) is 10.4 Å². The number of hydrogen-bond acceptors (Lipinski definition) is 4. The van der Waals surface area contributed by atoms with Crippen LogP contribution in [0.2, 0.25) is 0 Å². The molecule has 34 heavy (non-hydrogen) atoms. The van der Waals surface area contributed by atoms with E-state index in [1.807, 2.05) is 48.2 Å². The van der Waals surface area contributed by atoms with Crippen LogP contribution in [0.25, 0.3) is 0 Å². The van der Waals surface area contributed by atoms with Gasteiger partial charge in [0.2, 0.25) is 5.91 Å². The van der Waals surface area contributed by atoms with Crippen LogP contribution in [0.5, 0.6) is 0 Å². The van der Waals surface area contributed by atoms with Gasteiger partial charge in [-0.1, -0.05) is 42.0 Å². The van der Waals surface area contributed by atoms with Crippen molar-refractivity contribution in [2.45, 2.75) is 32.7 Å². The van der Waals surface area contributed by atoms with Crippen molar-refractivity contribution in [2.24, 2.45) is 0 Å². The first-order valence-electron chi connectivity index (χ1n) is 11.8. The summed E-state index contributed by atoms with van der Waals surface area (Å²) >= 11 is 1.76. The van der Waals surface area contributed by atoms with Gasteiger partial charge in [0.05, 0.1) is 6.04 Å². The highest BCUT2D eigenvalue weighted by Crippen LogP contribution is 2.39. The van der Waals surface area contributed by atoms with Crippen molar-refractivity contribution in [1.29, 1.82) is 0 Å². The topological polar surface area (TPSA) is 49.9 Å². The Bertz CT molecular complexity index is 1140. The van der Waals surface area contributed by atoms with Crippen molar-refractivity contribution in [3.8, 4) is 0 Å². The molecule has 2 heterocycles. The highest BCUT2D eigenvalue weighted by atomic mass is 32.1. The first-order valence-corrected chi connectivity index (χ1v) is 12.6. The van der Waals surface area contributed by atoms with Gasteiger partial charge < -0.3 is 14.5 Å². The van der Waals surface area contributed by atoms with Gasteiger partial charge in [0.15, 0.2) is 0 Å². The summed E-state index contributed by atoms with van der Waals surface area (Å²) in [5, 5.41) is 2.11. The Hall–Kier alpha value is -2.96. The maximum absolute atomic E-state index is 13.8. The van der Waals surface area contributed by atoms with Gasteiger partial charge in [-0.25, -0.2) is 0 Å². The number of aryl methyl sites for hydroxylation is 2. The van der Waals surface area contributed by atoms with Crippen molar-refractivity contribution >= 4 is 23.2 Å². The Morgan fingerprint density at radius 1 is 1.06 bits per heavy atom. The van der Waals surface area contributed by atoms with E-state index in [2.05, 4.69) is 30.5 Å². The van der Waals surface area contributed by atoms with Crippen molar-refractivity contribution in [3.63, 3.8) is 0 Å². The van der Waals surface area contributed by atoms with E-state index in [-0.39, 0.29) is 24.4 Å². The van der Waals surface area contributed by atoms with Gasteiger partial charge in [-0.3, -0.25) is 9.59 Å². The molecule has 1 aliphatic heterocycles. The molecule has 2 aromatic carbocycles. The standard InChI is InChI=1S/C28H32N2O3S/c1-20-9-11-22(12-10-20)28(32)29(15-6-17-33-3)19-26(31)30-16-13-25-24(14-18-34-25)27(30)23-8-5-4-7-21(23)2/h4-5,7-12,14,18,27H,6,13,15-17,19H2,1-3H3. The van der Waals surface area contributed by atoms with E-state index >= 15 is 0 Å². The van der Waals surface area contributed by atoms with Gasteiger partial charge in [0, 0.05) is 37.2 Å². The Morgan fingerprint density at radius 3 is 2.56 bits per heavy atom. The molecule has 178 valence electrons. The smallest absolute Gasteiger partial charge is 0.254 e. The van der Waals surface area contributed by atoms with Crippen LogP contribution in [-0.4, -0.2) is 55.0 Å². The summed E-state index contributed by atoms with van der Waals surface area (Å²) in [4.78, 5) is 32.1. The van der Waals surface area contributed by atoms with Crippen LogP contribution in [0.1, 0.15) is 50.0 Å². The summed E-state index contributed by atoms with van der Waals surface area (Å²) in [5.41, 5.74) is 5.21. The van der Waals surface area contributed by atoms with Crippen molar-refractivity contribution < 1.29 is 14.3 Å². The molecule has 6 heteroatoms. The second-order valence-corrected chi connectivity index (χ2v) is 9.84. The van der Waals surface area contributed by atoms with E-state index in [4.69, 9.17) is 4.74 Å². The fourth-order valence-corrected chi connectivity index (χ4v) is 5.50. The molecule has 5 nitrogen and oxygen atoms in total. The zero-order valence-corrected chi connectivity index (χ0v) is 20.9. The highest BCUT2D eigenvalue weighted by molar-refractivity contribution is 7.10. The second kappa shape index (κ2) is 11.0. The predicted molar refractivity (Wildman–Crippen MR) is 136 cm³/mol. The molecule has 0 bridgehead atoms. The van der Waals surface area contributed by atoms with Gasteiger partial charge in [-0.05, 0) is 67.0 Å². The number of fused-ring (bicyclic) bond motifs is 1. The number of carbonyl (C=O) groups excluding carboxylic acids is 2. The number of nitrogens with zero attached hydrogens (tertiary/aromatic N) is 2. The number of thiophene rings is 1. The quantitative estimate of drug-likeness (QED) is 0.429. The minimum atomic E-state index is -0.126. The molecule has 4 rings (SSSR count). The average Bonchev–Trinajstić information content (AvgIpc) is 3.32. The molecule has 3 aromatic rings. The Balaban J connectivity index is 1.61. The van der Waals surface area contributed by atoms with Crippen molar-refractivity contribution in [1.82, 2.24) is 9.80 Å². The lowest BCUT2D eigenvalue weighted by molar-refractivity contribution is -0.134. The van der Waals surface area contributed by atoms with Crippen molar-refractivity contribution in [3.05, 3.63) is 92.7 Å². The lowest BCUT2D eigenvalue weighted by Crippen LogP contribution is -2.47. The third-order valence-corrected chi connectivity index (χ3v) is 7.45. The van der Waals surface area contributed by atoms with Crippen LogP contribution in [0.4, 0.5) is 0 Å². The maximum atomic E-state index is 13.8. The van der Waals surface area contributed by atoms with E-state index in [0.29, 0.717) is 31.7 Å². The molecule has 0 N–H and O–H groups in total. The van der Waals surface area contributed by atoms with Gasteiger partial charge in [0.1, 0.15) is 6.54 Å². The minimum absolute atomic E-state index is 0.0250. The van der Waals surface area contributed by atoms with Crippen LogP contribution in [0, 0.1) is 13.8 Å². The molecule has 0 radical (unpaired) electrons. The van der Waals surface area contributed by atoms with E-state index < -0.39 is 0 Å². The summed E-state index contributed by atoms with van der Waals surface area (Å²) in [6, 6.07) is 17.8. The Labute approximate surface area is 206 Å². The normalized spacial score (nSPS) is 15.1. The molecule has 1 unspecified atom stereocenters. The van der Waals surface area contributed by atoms with Gasteiger partial charge in [0.25, 0.3) is 5.91 Å². The fourth-order valence-electron chi connectivity index (χ4n) is 4.60. The molecular weight excluding hydrogens is 444 g/mol. The van der Waals surface area contributed by atoms with E-state index in [9.17, 15) is 9.59 Å². The molecule has 0 saturated heterocycles. The number of hydrogen-bond donors (Lipinski definition) is 0. The summed E-state index contributed by atoms with van der Waals surface area (Å²) in [6.45, 7) is 5.80. The Morgan fingerprint density at radius 2 is 1.82 bits per heavy atom. The maximum Gasteiger partial charge on any atom is 0.254 e. The number of ether oxygens (including phenoxy) is 1. The van der Waals surface area contributed by atoms with Crippen molar-refractivity contribution in [2.75, 3.05) is 33.4 Å². The van der Waals surface area contributed by atoms with Crippen LogP contribution >= 0.6 is 11.3 Å². The molecule has 0 spiro atoms. The third-order valence-electron chi connectivity index (χ3n) is 6.46. The molecule has 2 amide bonds. The van der Waals surface area contributed by atoms with Gasteiger partial charge in [-0.2, -0.15) is 0 Å². The average molecular weight is 477 g/mol. The van der Waals surface area contributed by atoms with Crippen LogP contribution in [0.15, 0.2) is 60.0 Å². The largest absolute Gasteiger partial charge is 0.385 e. The molecule has 0 fully saturated rings. The number of rotatable bonds is 8. The molecule has 1 atom stereocenters. The summed E-state index contributed by atoms with van der Waals surface area (Å²) in [6.07, 6.45) is 1.52. The monoisotopic (exact) mass is 476 g/mol. The fraction of sp³-hybridized carbons (Fsp3) is 0.357. The number of amides is 2. The number of carbonyl (C=O) groups is 2. The number of benzene rings is 2. The highest BCUT2D eigenvalue weighted by Gasteiger charge is 2.34. The lowest BCUT2D eigenvalue weighted by atomic mass is 9.90. The first kappa shape index (κ1) is 24.2. The minimum Gasteiger partial charge on any atom is -0.385 e. The molecular formula is C28H32N2O3S. The first-order chi connectivity index (χ1) is 16.5. The molecule has 0 aliphatic carbocycles. The predicted octanol–water partition coefficient (Wildman–Crippen LogP) is 5.02. The SMILES string of the molecule is COCCCN(CC(=O)N1CCc2sccc2C1c1ccccc1C)C(=O)c1ccc(C)cc1. The summed E-state index contributed by atoms with van der Waals surface area (Å²) in [7, 11) is 1.65. The van der Waals surface area contributed by atoms with Crippen LogP contribution in [-0.2, 0) is 16.0 Å². The molecule has 1 aromatic heterocycles. The van der Waals surface area contributed by atoms with Gasteiger partial charge in [-0.15, -0.1) is 11.3 Å². The summed E-state index contributed by atoms with van der Waals surface area (Å²) < 4.78 is 5.20. The number of methoxy groups -OCH3 is 1. The zero-order chi connectivity index (χ0) is 24.1. The van der Waals surface area contributed by atoms with Gasteiger partial charge >= 0.3 is 0 Å². The van der Waals surface area contributed by atoms with Crippen LogP contribution < -0.4 is 0 Å². The Kier molecular flexibility index (Phi) is 7.80. The zero-order valence-electron chi connectivity index (χ0n) is 20.1. The van der Waals surface area contributed by atoms with E-state index in [0.717, 1.165) is 23.1 Å². The van der Waals surface area contributed by atoms with E-state index in [1.54, 1.807) is 23.3 Å². The van der Waals surface area contributed by atoms with Crippen LogP contribution in [0.3, 0.4) is 0 Å².